The highest BCUT2D eigenvalue weighted by atomic mass is 14.9. The summed E-state index contributed by atoms with van der Waals surface area (Å²) in [5.41, 5.74) is 7.75. The van der Waals surface area contributed by atoms with Crippen molar-refractivity contribution in [2.75, 3.05) is 5.32 Å². The second kappa shape index (κ2) is 10.4. The van der Waals surface area contributed by atoms with Crippen LogP contribution in [0.5, 0.6) is 0 Å². The lowest BCUT2D eigenvalue weighted by Gasteiger charge is -2.45. The zero-order chi connectivity index (χ0) is 28.7. The van der Waals surface area contributed by atoms with Gasteiger partial charge in [-0.1, -0.05) is 128 Å². The van der Waals surface area contributed by atoms with Crippen LogP contribution in [0, 0.1) is 16.2 Å². The second-order valence-electron chi connectivity index (χ2n) is 17.3. The van der Waals surface area contributed by atoms with E-state index >= 15 is 0 Å². The average molecular weight is 506 g/mol. The van der Waals surface area contributed by atoms with Crippen molar-refractivity contribution in [1.82, 2.24) is 0 Å². The Morgan fingerprint density at radius 2 is 0.865 bits per heavy atom. The van der Waals surface area contributed by atoms with Crippen LogP contribution in [0.2, 0.25) is 0 Å². The van der Waals surface area contributed by atoms with Gasteiger partial charge in [-0.15, -0.1) is 0 Å². The van der Waals surface area contributed by atoms with Gasteiger partial charge in [-0.25, -0.2) is 0 Å². The molecule has 1 heteroatoms. The Bertz CT molecular complexity index is 1030. The molecule has 0 unspecified atom stereocenters. The van der Waals surface area contributed by atoms with E-state index in [4.69, 9.17) is 0 Å². The molecule has 0 aliphatic heterocycles. The second-order valence-corrected chi connectivity index (χ2v) is 17.3. The van der Waals surface area contributed by atoms with E-state index < -0.39 is 0 Å². The molecule has 0 aliphatic rings. The summed E-state index contributed by atoms with van der Waals surface area (Å²) in [6.07, 6.45) is 3.39. The molecule has 0 saturated carbocycles. The van der Waals surface area contributed by atoms with Crippen molar-refractivity contribution in [3.8, 4) is 0 Å². The maximum absolute atomic E-state index is 3.87. The topological polar surface area (TPSA) is 12.0 Å². The zero-order valence-corrected chi connectivity index (χ0v) is 27.2. The number of hydrogen-bond donors (Lipinski definition) is 1. The van der Waals surface area contributed by atoms with Crippen molar-refractivity contribution < 1.29 is 0 Å². The van der Waals surface area contributed by atoms with Crippen LogP contribution in [0.25, 0.3) is 0 Å². The molecule has 0 heterocycles. The number of para-hydroxylation sites is 1. The Balaban J connectivity index is 3.00. The van der Waals surface area contributed by atoms with Crippen molar-refractivity contribution in [1.29, 1.82) is 0 Å². The molecule has 2 aromatic carbocycles. The summed E-state index contributed by atoms with van der Waals surface area (Å²) < 4.78 is 0. The Labute approximate surface area is 231 Å². The predicted molar refractivity (Wildman–Crippen MR) is 167 cm³/mol. The van der Waals surface area contributed by atoms with Crippen LogP contribution >= 0.6 is 0 Å². The molecular formula is C36H59N. The number of nitrogens with one attached hydrogen (secondary N) is 1. The summed E-state index contributed by atoms with van der Waals surface area (Å²) in [5.74, 6) is 0. The molecule has 0 saturated heterocycles. The Kier molecular flexibility index (Phi) is 8.86. The highest BCUT2D eigenvalue weighted by Crippen LogP contribution is 2.52. The molecule has 37 heavy (non-hydrogen) atoms. The maximum Gasteiger partial charge on any atom is 0.0425 e. The van der Waals surface area contributed by atoms with Crippen LogP contribution in [-0.2, 0) is 16.2 Å². The van der Waals surface area contributed by atoms with Crippen molar-refractivity contribution in [2.24, 2.45) is 16.2 Å². The van der Waals surface area contributed by atoms with Gasteiger partial charge in [0, 0.05) is 11.4 Å². The van der Waals surface area contributed by atoms with E-state index in [0.717, 1.165) is 24.9 Å². The Hall–Kier alpha value is -1.76. The number of hydrogen-bond acceptors (Lipinski definition) is 1. The summed E-state index contributed by atoms with van der Waals surface area (Å²) in [6.45, 7) is 36.3. The normalized spacial score (nSPS) is 14.1. The third kappa shape index (κ3) is 8.90. The Morgan fingerprint density at radius 1 is 0.459 bits per heavy atom. The molecule has 0 aromatic heterocycles. The lowest BCUT2D eigenvalue weighted by molar-refractivity contribution is 0.253. The van der Waals surface area contributed by atoms with Gasteiger partial charge in [0.05, 0.1) is 0 Å². The molecule has 0 amide bonds. The summed E-state index contributed by atoms with van der Waals surface area (Å²) in [5, 5.41) is 3.87. The highest BCUT2D eigenvalue weighted by molar-refractivity contribution is 5.69. The van der Waals surface area contributed by atoms with Gasteiger partial charge in [-0.2, -0.15) is 0 Å². The first-order valence-corrected chi connectivity index (χ1v) is 14.4. The van der Waals surface area contributed by atoms with Crippen molar-refractivity contribution in [2.45, 2.75) is 139 Å². The highest BCUT2D eigenvalue weighted by Gasteiger charge is 2.42. The number of anilines is 2. The molecule has 0 aliphatic carbocycles. The third-order valence-corrected chi connectivity index (χ3v) is 7.26. The molecular weight excluding hydrogens is 446 g/mol. The van der Waals surface area contributed by atoms with Crippen LogP contribution < -0.4 is 5.32 Å². The zero-order valence-electron chi connectivity index (χ0n) is 27.2. The van der Waals surface area contributed by atoms with Gasteiger partial charge in [-0.3, -0.25) is 0 Å². The standard InChI is InChI=1S/C36H59N/c1-31(2,3)23-34(10,11)27-21-22-28(37-26-19-17-16-18-20-26)30(36(14,15)25-33(7,8)9)29(27)35(12,13)24-32(4,5)6/h16-22,37H,23-25H2,1-15H3. The molecule has 2 rings (SSSR count). The summed E-state index contributed by atoms with van der Waals surface area (Å²) in [4.78, 5) is 0. The molecule has 0 bridgehead atoms. The van der Waals surface area contributed by atoms with E-state index in [-0.39, 0.29) is 32.5 Å². The van der Waals surface area contributed by atoms with Crippen molar-refractivity contribution in [3.63, 3.8) is 0 Å². The van der Waals surface area contributed by atoms with Crippen LogP contribution in [0.4, 0.5) is 11.4 Å². The molecule has 0 atom stereocenters. The van der Waals surface area contributed by atoms with Crippen molar-refractivity contribution >= 4 is 11.4 Å². The minimum atomic E-state index is -0.00628. The van der Waals surface area contributed by atoms with E-state index in [9.17, 15) is 0 Å². The molecule has 1 nitrogen and oxygen atoms in total. The quantitative estimate of drug-likeness (QED) is 0.376. The van der Waals surface area contributed by atoms with Gasteiger partial charge in [-0.05, 0) is 86.6 Å². The first-order chi connectivity index (χ1) is 16.4. The third-order valence-electron chi connectivity index (χ3n) is 7.26. The van der Waals surface area contributed by atoms with Gasteiger partial charge in [0.2, 0.25) is 0 Å². The molecule has 2 aromatic rings. The van der Waals surface area contributed by atoms with Crippen LogP contribution in [0.1, 0.15) is 140 Å². The van der Waals surface area contributed by atoms with Crippen LogP contribution in [-0.4, -0.2) is 0 Å². The molecule has 208 valence electrons. The van der Waals surface area contributed by atoms with Crippen LogP contribution in [0.15, 0.2) is 42.5 Å². The molecule has 0 spiro atoms. The molecule has 0 fully saturated rings. The summed E-state index contributed by atoms with van der Waals surface area (Å²) in [7, 11) is 0. The summed E-state index contributed by atoms with van der Waals surface area (Å²) >= 11 is 0. The van der Waals surface area contributed by atoms with E-state index in [1.807, 2.05) is 0 Å². The van der Waals surface area contributed by atoms with Gasteiger partial charge < -0.3 is 5.32 Å². The number of rotatable bonds is 8. The van der Waals surface area contributed by atoms with Gasteiger partial charge >= 0.3 is 0 Å². The Morgan fingerprint density at radius 3 is 1.30 bits per heavy atom. The summed E-state index contributed by atoms with van der Waals surface area (Å²) in [6, 6.07) is 15.5. The van der Waals surface area contributed by atoms with Crippen LogP contribution in [0.3, 0.4) is 0 Å². The SMILES string of the molecule is CC(C)(C)CC(C)(C)c1ccc(Nc2ccccc2)c(C(C)(C)CC(C)(C)C)c1C(C)(C)CC(C)(C)C. The molecule has 0 radical (unpaired) electrons. The lowest BCUT2D eigenvalue weighted by Crippen LogP contribution is -2.37. The monoisotopic (exact) mass is 505 g/mol. The van der Waals surface area contributed by atoms with E-state index in [1.165, 1.54) is 16.8 Å². The predicted octanol–water partition coefficient (Wildman–Crippen LogP) is 11.6. The number of benzene rings is 2. The smallest absolute Gasteiger partial charge is 0.0425 e. The van der Waals surface area contributed by atoms with Gasteiger partial charge in [0.25, 0.3) is 0 Å². The lowest BCUT2D eigenvalue weighted by atomic mass is 9.60. The fourth-order valence-electron chi connectivity index (χ4n) is 7.60. The van der Waals surface area contributed by atoms with E-state index in [0.29, 0.717) is 0 Å². The van der Waals surface area contributed by atoms with Gasteiger partial charge in [0.15, 0.2) is 0 Å². The molecule has 1 N–H and O–H groups in total. The largest absolute Gasteiger partial charge is 0.355 e. The van der Waals surface area contributed by atoms with E-state index in [2.05, 4.69) is 152 Å². The minimum absolute atomic E-state index is 0.00628. The minimum Gasteiger partial charge on any atom is -0.355 e. The van der Waals surface area contributed by atoms with Gasteiger partial charge in [0.1, 0.15) is 0 Å². The fourth-order valence-corrected chi connectivity index (χ4v) is 7.60. The first-order valence-electron chi connectivity index (χ1n) is 14.4. The maximum atomic E-state index is 3.87. The average Bonchev–Trinajstić information content (AvgIpc) is 2.62. The van der Waals surface area contributed by atoms with E-state index in [1.54, 1.807) is 5.56 Å². The first kappa shape index (κ1) is 31.5. The fraction of sp³-hybridized carbons (Fsp3) is 0.667. The van der Waals surface area contributed by atoms with Crippen molar-refractivity contribution in [3.05, 3.63) is 59.2 Å².